The fourth-order valence-corrected chi connectivity index (χ4v) is 3.80. The number of nitrogens with zero attached hydrogens (tertiary/aromatic N) is 2. The summed E-state index contributed by atoms with van der Waals surface area (Å²) in [5, 5.41) is 6.41. The molecule has 2 aromatic rings. The first kappa shape index (κ1) is 23.1. The molecule has 7 heteroatoms. The fourth-order valence-electron chi connectivity index (χ4n) is 3.67. The average molecular weight is 443 g/mol. The molecule has 0 unspecified atom stereocenters. The summed E-state index contributed by atoms with van der Waals surface area (Å²) in [6, 6.07) is 12.9. The van der Waals surface area contributed by atoms with Crippen LogP contribution in [0.25, 0.3) is 0 Å². The average Bonchev–Trinajstić information content (AvgIpc) is 2.78. The van der Waals surface area contributed by atoms with E-state index in [2.05, 4.69) is 39.5 Å². The van der Waals surface area contributed by atoms with Gasteiger partial charge in [0.25, 0.3) is 5.91 Å². The van der Waals surface area contributed by atoms with E-state index in [9.17, 15) is 9.59 Å². The second-order valence-corrected chi connectivity index (χ2v) is 8.27. The van der Waals surface area contributed by atoms with Crippen molar-refractivity contribution in [3.63, 3.8) is 0 Å². The minimum absolute atomic E-state index is 0.0480. The number of amides is 2. The summed E-state index contributed by atoms with van der Waals surface area (Å²) >= 11 is 5.83. The number of hydrogen-bond acceptors (Lipinski definition) is 4. The van der Waals surface area contributed by atoms with Gasteiger partial charge in [0, 0.05) is 61.1 Å². The molecular formula is C24H31ClN4O2. The standard InChI is InChI=1S/C24H31ClN4O2/c1-3-28-13-15-29(16-14-28)21-10-11-22(18(2)17-21)27-23(30)5-4-12-26-24(31)19-6-8-20(25)9-7-19/h6-11,17H,3-5,12-16H2,1-2H3,(H,26,31)(H,27,30). The lowest BCUT2D eigenvalue weighted by molar-refractivity contribution is -0.116. The second kappa shape index (κ2) is 11.2. The monoisotopic (exact) mass is 442 g/mol. The molecule has 1 fully saturated rings. The summed E-state index contributed by atoms with van der Waals surface area (Å²) in [6.45, 7) is 9.99. The minimum atomic E-state index is -0.164. The molecule has 0 aliphatic carbocycles. The second-order valence-electron chi connectivity index (χ2n) is 7.84. The highest BCUT2D eigenvalue weighted by molar-refractivity contribution is 6.30. The number of carbonyl (C=O) groups is 2. The Bertz CT molecular complexity index is 893. The smallest absolute Gasteiger partial charge is 0.251 e. The lowest BCUT2D eigenvalue weighted by atomic mass is 10.1. The van der Waals surface area contributed by atoms with Crippen LogP contribution in [-0.4, -0.2) is 56.0 Å². The molecule has 1 aliphatic rings. The zero-order chi connectivity index (χ0) is 22.2. The zero-order valence-corrected chi connectivity index (χ0v) is 19.0. The number of benzene rings is 2. The summed E-state index contributed by atoms with van der Waals surface area (Å²) in [5.41, 5.74) is 3.66. The van der Waals surface area contributed by atoms with Gasteiger partial charge in [0.2, 0.25) is 5.91 Å². The van der Waals surface area contributed by atoms with Crippen LogP contribution in [0, 0.1) is 6.92 Å². The number of likely N-dealkylation sites (N-methyl/N-ethyl adjacent to an activating group) is 1. The van der Waals surface area contributed by atoms with Crippen molar-refractivity contribution in [1.82, 2.24) is 10.2 Å². The molecule has 2 aromatic carbocycles. The third-order valence-corrected chi connectivity index (χ3v) is 5.89. The molecular weight excluding hydrogens is 412 g/mol. The first-order valence-corrected chi connectivity index (χ1v) is 11.3. The molecule has 2 amide bonds. The van der Waals surface area contributed by atoms with Crippen LogP contribution in [0.4, 0.5) is 11.4 Å². The normalized spacial score (nSPS) is 14.4. The molecule has 3 rings (SSSR count). The van der Waals surface area contributed by atoms with Gasteiger partial charge in [0.1, 0.15) is 0 Å². The molecule has 1 heterocycles. The highest BCUT2D eigenvalue weighted by Crippen LogP contribution is 2.24. The van der Waals surface area contributed by atoms with Crippen molar-refractivity contribution < 1.29 is 9.59 Å². The van der Waals surface area contributed by atoms with Gasteiger partial charge in [-0.25, -0.2) is 0 Å². The van der Waals surface area contributed by atoms with Crippen LogP contribution in [0.3, 0.4) is 0 Å². The number of hydrogen-bond donors (Lipinski definition) is 2. The van der Waals surface area contributed by atoms with E-state index in [4.69, 9.17) is 11.6 Å². The number of aryl methyl sites for hydroxylation is 1. The molecule has 31 heavy (non-hydrogen) atoms. The summed E-state index contributed by atoms with van der Waals surface area (Å²) in [4.78, 5) is 29.2. The highest BCUT2D eigenvalue weighted by atomic mass is 35.5. The lowest BCUT2D eigenvalue weighted by Gasteiger charge is -2.35. The van der Waals surface area contributed by atoms with Gasteiger partial charge in [0.15, 0.2) is 0 Å². The molecule has 0 radical (unpaired) electrons. The van der Waals surface area contributed by atoms with Crippen molar-refractivity contribution in [1.29, 1.82) is 0 Å². The van der Waals surface area contributed by atoms with Gasteiger partial charge in [-0.1, -0.05) is 18.5 Å². The van der Waals surface area contributed by atoms with Gasteiger partial charge >= 0.3 is 0 Å². The number of carbonyl (C=O) groups excluding carboxylic acids is 2. The van der Waals surface area contributed by atoms with Crippen molar-refractivity contribution in [2.75, 3.05) is 49.5 Å². The van der Waals surface area contributed by atoms with Crippen LogP contribution in [0.1, 0.15) is 35.7 Å². The first-order chi connectivity index (χ1) is 15.0. The zero-order valence-electron chi connectivity index (χ0n) is 18.3. The van der Waals surface area contributed by atoms with Crippen molar-refractivity contribution >= 4 is 34.8 Å². The molecule has 2 N–H and O–H groups in total. The SMILES string of the molecule is CCN1CCN(c2ccc(NC(=O)CCCNC(=O)c3ccc(Cl)cc3)c(C)c2)CC1. The van der Waals surface area contributed by atoms with Gasteiger partial charge < -0.3 is 20.4 Å². The van der Waals surface area contributed by atoms with Crippen LogP contribution in [0.15, 0.2) is 42.5 Å². The van der Waals surface area contributed by atoms with E-state index in [0.717, 1.165) is 44.0 Å². The van der Waals surface area contributed by atoms with Crippen LogP contribution in [-0.2, 0) is 4.79 Å². The Labute approximate surface area is 189 Å². The van der Waals surface area contributed by atoms with Crippen LogP contribution >= 0.6 is 11.6 Å². The van der Waals surface area contributed by atoms with Crippen molar-refractivity contribution in [2.45, 2.75) is 26.7 Å². The molecule has 1 saturated heterocycles. The lowest BCUT2D eigenvalue weighted by Crippen LogP contribution is -2.46. The van der Waals surface area contributed by atoms with Crippen LogP contribution in [0.2, 0.25) is 5.02 Å². The Morgan fingerprint density at radius 1 is 1.03 bits per heavy atom. The number of rotatable bonds is 8. The van der Waals surface area contributed by atoms with Crippen LogP contribution in [0.5, 0.6) is 0 Å². The van der Waals surface area contributed by atoms with Crippen molar-refractivity contribution in [3.8, 4) is 0 Å². The molecule has 0 saturated carbocycles. The largest absolute Gasteiger partial charge is 0.369 e. The van der Waals surface area contributed by atoms with E-state index in [1.807, 2.05) is 13.0 Å². The Morgan fingerprint density at radius 3 is 2.39 bits per heavy atom. The Kier molecular flexibility index (Phi) is 8.32. The van der Waals surface area contributed by atoms with E-state index in [1.54, 1.807) is 24.3 Å². The number of halogens is 1. The van der Waals surface area contributed by atoms with Gasteiger partial charge in [-0.05, 0) is 67.9 Å². The quantitative estimate of drug-likeness (QED) is 0.608. The highest BCUT2D eigenvalue weighted by Gasteiger charge is 2.16. The summed E-state index contributed by atoms with van der Waals surface area (Å²) < 4.78 is 0. The van der Waals surface area contributed by atoms with E-state index in [-0.39, 0.29) is 11.8 Å². The molecule has 0 spiro atoms. The van der Waals surface area contributed by atoms with Gasteiger partial charge in [-0.15, -0.1) is 0 Å². The van der Waals surface area contributed by atoms with Gasteiger partial charge in [-0.3, -0.25) is 9.59 Å². The predicted octanol–water partition coefficient (Wildman–Crippen LogP) is 3.94. The third-order valence-electron chi connectivity index (χ3n) is 5.64. The molecule has 166 valence electrons. The van der Waals surface area contributed by atoms with Crippen molar-refractivity contribution in [3.05, 3.63) is 58.6 Å². The minimum Gasteiger partial charge on any atom is -0.369 e. The molecule has 0 aromatic heterocycles. The van der Waals surface area contributed by atoms with E-state index in [1.165, 1.54) is 5.69 Å². The first-order valence-electron chi connectivity index (χ1n) is 10.9. The number of nitrogens with one attached hydrogen (secondary N) is 2. The third kappa shape index (κ3) is 6.71. The summed E-state index contributed by atoms with van der Waals surface area (Å²) in [5.74, 6) is -0.212. The van der Waals surface area contributed by atoms with Crippen LogP contribution < -0.4 is 15.5 Å². The Hall–Kier alpha value is -2.57. The van der Waals surface area contributed by atoms with Crippen molar-refractivity contribution in [2.24, 2.45) is 0 Å². The molecule has 0 atom stereocenters. The molecule has 6 nitrogen and oxygen atoms in total. The summed E-state index contributed by atoms with van der Waals surface area (Å²) in [6.07, 6.45) is 0.922. The fraction of sp³-hybridized carbons (Fsp3) is 0.417. The van der Waals surface area contributed by atoms with E-state index in [0.29, 0.717) is 30.0 Å². The number of piperazine rings is 1. The Morgan fingerprint density at radius 2 is 1.74 bits per heavy atom. The van der Waals surface area contributed by atoms with E-state index < -0.39 is 0 Å². The predicted molar refractivity (Wildman–Crippen MR) is 127 cm³/mol. The molecule has 0 bridgehead atoms. The maximum Gasteiger partial charge on any atom is 0.251 e. The maximum absolute atomic E-state index is 12.3. The summed E-state index contributed by atoms with van der Waals surface area (Å²) in [7, 11) is 0. The maximum atomic E-state index is 12.3. The van der Waals surface area contributed by atoms with E-state index >= 15 is 0 Å². The van der Waals surface area contributed by atoms with Gasteiger partial charge in [0.05, 0.1) is 0 Å². The number of anilines is 2. The topological polar surface area (TPSA) is 64.7 Å². The Balaban J connectivity index is 1.42. The van der Waals surface area contributed by atoms with Gasteiger partial charge in [-0.2, -0.15) is 0 Å². The molecule has 1 aliphatic heterocycles.